The molecule has 0 saturated carbocycles. The normalized spacial score (nSPS) is 24.4. The van der Waals surface area contributed by atoms with Crippen LogP contribution in [0.5, 0.6) is 0 Å². The molecule has 6 heteroatoms. The molecule has 2 aromatic carbocycles. The van der Waals surface area contributed by atoms with Crippen LogP contribution in [-0.2, 0) is 11.3 Å². The number of hydrogen-bond acceptors (Lipinski definition) is 6. The number of aryl methyl sites for hydroxylation is 1. The molecule has 1 aliphatic heterocycles. The van der Waals surface area contributed by atoms with Gasteiger partial charge in [0.1, 0.15) is 12.2 Å². The van der Waals surface area contributed by atoms with Gasteiger partial charge >= 0.3 is 0 Å². The lowest BCUT2D eigenvalue weighted by atomic mass is 9.94. The Hall–Kier alpha value is -1.80. The van der Waals surface area contributed by atoms with Crippen LogP contribution in [0.4, 0.5) is 0 Å². The minimum absolute atomic E-state index is 0.239. The summed E-state index contributed by atoms with van der Waals surface area (Å²) >= 11 is 0. The summed E-state index contributed by atoms with van der Waals surface area (Å²) in [6.45, 7) is 4.04. The summed E-state index contributed by atoms with van der Waals surface area (Å²) in [5.41, 5.74) is 4.83. The molecule has 1 heterocycles. The van der Waals surface area contributed by atoms with Crippen molar-refractivity contribution in [3.63, 3.8) is 0 Å². The number of benzene rings is 2. The Bertz CT molecular complexity index is 797. The molecular weight excluding hydrogens is 394 g/mol. The first-order chi connectivity index (χ1) is 15.0. The maximum Gasteiger partial charge on any atom is 0.109 e. The monoisotopic (exact) mass is 429 g/mol. The molecule has 1 saturated heterocycles. The Morgan fingerprint density at radius 3 is 2.42 bits per heavy atom. The summed E-state index contributed by atoms with van der Waals surface area (Å²) in [5.74, 6) is 0. The zero-order valence-corrected chi connectivity index (χ0v) is 18.2. The topological polar surface area (TPSA) is 93.4 Å². The molecule has 0 aromatic heterocycles. The quantitative estimate of drug-likeness (QED) is 0.432. The van der Waals surface area contributed by atoms with Gasteiger partial charge in [0.15, 0.2) is 0 Å². The Morgan fingerprint density at radius 2 is 1.71 bits per heavy atom. The van der Waals surface area contributed by atoms with Crippen molar-refractivity contribution in [3.05, 3.63) is 59.7 Å². The van der Waals surface area contributed by atoms with E-state index in [0.717, 1.165) is 24.8 Å². The predicted octanol–water partition coefficient (Wildman–Crippen LogP) is 2.11. The van der Waals surface area contributed by atoms with Crippen LogP contribution in [0.1, 0.15) is 30.4 Å². The van der Waals surface area contributed by atoms with Gasteiger partial charge in [-0.25, -0.2) is 0 Å². The third kappa shape index (κ3) is 6.59. The minimum Gasteiger partial charge on any atom is -0.395 e. The molecule has 4 atom stereocenters. The third-order valence-corrected chi connectivity index (χ3v) is 6.02. The number of β-amino-alcohol motifs (C(OH)–C–C–N with tert-alkyl or cyclic N) is 1. The lowest BCUT2D eigenvalue weighted by Gasteiger charge is -2.43. The number of nitrogens with zero attached hydrogens (tertiary/aromatic N) is 1. The lowest BCUT2D eigenvalue weighted by molar-refractivity contribution is -0.145. The fraction of sp³-hybridized carbons (Fsp3) is 0.520. The first kappa shape index (κ1) is 23.9. The molecule has 0 amide bonds. The highest BCUT2D eigenvalue weighted by Gasteiger charge is 2.40. The second kappa shape index (κ2) is 11.7. The van der Waals surface area contributed by atoms with Gasteiger partial charge in [0.05, 0.1) is 25.4 Å². The molecule has 4 N–H and O–H groups in total. The van der Waals surface area contributed by atoms with Crippen molar-refractivity contribution in [2.24, 2.45) is 0 Å². The van der Waals surface area contributed by atoms with E-state index in [1.54, 1.807) is 0 Å². The Labute approximate surface area is 184 Å². The molecule has 0 spiro atoms. The van der Waals surface area contributed by atoms with Crippen molar-refractivity contribution in [1.29, 1.82) is 0 Å². The van der Waals surface area contributed by atoms with E-state index in [-0.39, 0.29) is 13.2 Å². The van der Waals surface area contributed by atoms with Gasteiger partial charge in [-0.15, -0.1) is 0 Å². The summed E-state index contributed by atoms with van der Waals surface area (Å²) in [4.78, 5) is 1.86. The van der Waals surface area contributed by atoms with E-state index in [9.17, 15) is 20.4 Å². The van der Waals surface area contributed by atoms with Crippen LogP contribution < -0.4 is 0 Å². The second-order valence-corrected chi connectivity index (χ2v) is 8.47. The number of aliphatic hydroxyl groups is 4. The highest BCUT2D eigenvalue weighted by atomic mass is 16.5. The summed E-state index contributed by atoms with van der Waals surface area (Å²) in [6, 6.07) is 16.4. The van der Waals surface area contributed by atoms with Crippen molar-refractivity contribution < 1.29 is 25.2 Å². The molecule has 6 nitrogen and oxygen atoms in total. The summed E-state index contributed by atoms with van der Waals surface area (Å²) in [7, 11) is 0. The highest BCUT2D eigenvalue weighted by Crippen LogP contribution is 2.21. The van der Waals surface area contributed by atoms with Crippen LogP contribution in [-0.4, -0.2) is 76.0 Å². The van der Waals surface area contributed by atoms with Crippen LogP contribution in [0.3, 0.4) is 0 Å². The molecule has 31 heavy (non-hydrogen) atoms. The molecule has 0 radical (unpaired) electrons. The molecule has 3 rings (SSSR count). The minimum atomic E-state index is -1.20. The second-order valence-electron chi connectivity index (χ2n) is 8.47. The Morgan fingerprint density at radius 1 is 0.935 bits per heavy atom. The van der Waals surface area contributed by atoms with Gasteiger partial charge in [0, 0.05) is 13.2 Å². The van der Waals surface area contributed by atoms with E-state index >= 15 is 0 Å². The van der Waals surface area contributed by atoms with Gasteiger partial charge in [-0.3, -0.25) is 4.90 Å². The first-order valence-electron chi connectivity index (χ1n) is 11.1. The molecule has 170 valence electrons. The van der Waals surface area contributed by atoms with Crippen LogP contribution in [0.25, 0.3) is 11.1 Å². The fourth-order valence-electron chi connectivity index (χ4n) is 4.14. The number of rotatable bonds is 10. The smallest absolute Gasteiger partial charge is 0.109 e. The van der Waals surface area contributed by atoms with Crippen molar-refractivity contribution in [1.82, 2.24) is 4.90 Å². The SMILES string of the molecule is Cc1cccc(-c2ccc(COCCCCCN3C[C@H](O)[C@@H](O)[C@@H](O)[C@H]3CO)cc2)c1. The maximum atomic E-state index is 10.0. The van der Waals surface area contributed by atoms with Crippen LogP contribution in [0, 0.1) is 6.92 Å². The van der Waals surface area contributed by atoms with E-state index in [0.29, 0.717) is 19.8 Å². The van der Waals surface area contributed by atoms with Crippen molar-refractivity contribution in [3.8, 4) is 11.1 Å². The van der Waals surface area contributed by atoms with Gasteiger partial charge < -0.3 is 25.2 Å². The average molecular weight is 430 g/mol. The van der Waals surface area contributed by atoms with E-state index in [1.165, 1.54) is 16.7 Å². The molecule has 0 unspecified atom stereocenters. The highest BCUT2D eigenvalue weighted by molar-refractivity contribution is 5.64. The fourth-order valence-corrected chi connectivity index (χ4v) is 4.14. The van der Waals surface area contributed by atoms with Crippen molar-refractivity contribution in [2.45, 2.75) is 57.1 Å². The van der Waals surface area contributed by atoms with Crippen molar-refractivity contribution >= 4 is 0 Å². The Balaban J connectivity index is 1.33. The Kier molecular flexibility index (Phi) is 9.02. The standard InChI is InChI=1S/C25H35NO5/c1-18-6-5-7-21(14-18)20-10-8-19(9-11-20)17-31-13-4-2-3-12-26-15-23(28)25(30)24(29)22(26)16-27/h5-11,14,22-25,27-30H,2-4,12-13,15-17H2,1H3/t22-,23+,24+,25-/m1/s1. The first-order valence-corrected chi connectivity index (χ1v) is 11.1. The molecular formula is C25H35NO5. The molecule has 2 aromatic rings. The predicted molar refractivity (Wildman–Crippen MR) is 121 cm³/mol. The summed E-state index contributed by atoms with van der Waals surface area (Å²) < 4.78 is 5.80. The largest absolute Gasteiger partial charge is 0.395 e. The van der Waals surface area contributed by atoms with E-state index in [1.807, 2.05) is 4.90 Å². The molecule has 1 aliphatic rings. The van der Waals surface area contributed by atoms with Gasteiger partial charge in [-0.1, -0.05) is 54.1 Å². The van der Waals surface area contributed by atoms with Crippen LogP contribution >= 0.6 is 0 Å². The maximum absolute atomic E-state index is 10.0. The number of hydrogen-bond donors (Lipinski definition) is 4. The van der Waals surface area contributed by atoms with Crippen LogP contribution in [0.2, 0.25) is 0 Å². The average Bonchev–Trinajstić information content (AvgIpc) is 2.77. The van der Waals surface area contributed by atoms with Gasteiger partial charge in [0.25, 0.3) is 0 Å². The summed E-state index contributed by atoms with van der Waals surface area (Å²) in [6.07, 6.45) is -0.566. The lowest BCUT2D eigenvalue weighted by Crippen LogP contribution is -2.62. The molecule has 0 bridgehead atoms. The number of piperidine rings is 1. The number of aliphatic hydroxyl groups excluding tert-OH is 4. The van der Waals surface area contributed by atoms with Crippen LogP contribution in [0.15, 0.2) is 48.5 Å². The number of ether oxygens (including phenoxy) is 1. The van der Waals surface area contributed by atoms with E-state index in [2.05, 4.69) is 55.5 Å². The third-order valence-electron chi connectivity index (χ3n) is 6.02. The van der Waals surface area contributed by atoms with Gasteiger partial charge in [-0.05, 0) is 49.4 Å². The zero-order chi connectivity index (χ0) is 22.2. The molecule has 0 aliphatic carbocycles. The van der Waals surface area contributed by atoms with Gasteiger partial charge in [-0.2, -0.15) is 0 Å². The van der Waals surface area contributed by atoms with Crippen molar-refractivity contribution in [2.75, 3.05) is 26.3 Å². The van der Waals surface area contributed by atoms with E-state index < -0.39 is 24.4 Å². The number of likely N-dealkylation sites (tertiary alicyclic amines) is 1. The number of unbranched alkanes of at least 4 members (excludes halogenated alkanes) is 2. The summed E-state index contributed by atoms with van der Waals surface area (Å²) in [5, 5.41) is 39.1. The zero-order valence-electron chi connectivity index (χ0n) is 18.2. The molecule has 1 fully saturated rings. The van der Waals surface area contributed by atoms with E-state index in [4.69, 9.17) is 4.74 Å². The van der Waals surface area contributed by atoms with Gasteiger partial charge in [0.2, 0.25) is 0 Å².